The summed E-state index contributed by atoms with van der Waals surface area (Å²) in [5.41, 5.74) is 10.9. The van der Waals surface area contributed by atoms with Crippen molar-refractivity contribution in [2.24, 2.45) is 10.8 Å². The molecule has 0 spiro atoms. The molecule has 0 aromatic heterocycles. The Hall–Kier alpha value is -2.21. The number of hydrazine groups is 1. The molecular formula is C10H13N5O. The zero-order valence-corrected chi connectivity index (χ0v) is 8.54. The summed E-state index contributed by atoms with van der Waals surface area (Å²) in [7, 11) is 0. The van der Waals surface area contributed by atoms with Crippen LogP contribution >= 0.6 is 0 Å². The van der Waals surface area contributed by atoms with Crippen LogP contribution in [0.4, 0.5) is 0 Å². The summed E-state index contributed by atoms with van der Waals surface area (Å²) in [6, 6.07) is 10.1. The maximum Gasteiger partial charge on any atom is 0.236 e. The van der Waals surface area contributed by atoms with Gasteiger partial charge < -0.3 is 5.73 Å². The molecule has 0 bridgehead atoms. The van der Waals surface area contributed by atoms with Gasteiger partial charge in [0.05, 0.1) is 6.04 Å². The van der Waals surface area contributed by atoms with Gasteiger partial charge in [-0.3, -0.25) is 10.2 Å². The van der Waals surface area contributed by atoms with E-state index in [1.54, 1.807) is 10.5 Å². The summed E-state index contributed by atoms with van der Waals surface area (Å²) in [6.45, 7) is 0. The van der Waals surface area contributed by atoms with Crippen LogP contribution in [0.15, 0.2) is 47.7 Å². The van der Waals surface area contributed by atoms with Gasteiger partial charge in [-0.05, 0) is 11.6 Å². The molecule has 1 aliphatic heterocycles. The highest BCUT2D eigenvalue weighted by Crippen LogP contribution is 2.27. The maximum absolute atomic E-state index is 8.44. The molecular weight excluding hydrogens is 206 g/mol. The van der Waals surface area contributed by atoms with Crippen LogP contribution in [0.2, 0.25) is 0 Å². The van der Waals surface area contributed by atoms with Gasteiger partial charge in [0.15, 0.2) is 0 Å². The molecule has 6 heteroatoms. The summed E-state index contributed by atoms with van der Waals surface area (Å²) in [5, 5.41) is 13.9. The fourth-order valence-corrected chi connectivity index (χ4v) is 1.41. The maximum atomic E-state index is 8.44. The Morgan fingerprint density at radius 1 is 1.38 bits per heavy atom. The SMILES string of the molecule is N/C(=N\NN1C=CC1c1ccccc1)NO. The van der Waals surface area contributed by atoms with Crippen LogP contribution < -0.4 is 16.7 Å². The molecule has 0 saturated carbocycles. The van der Waals surface area contributed by atoms with Crippen molar-refractivity contribution in [3.8, 4) is 0 Å². The van der Waals surface area contributed by atoms with Gasteiger partial charge in [0, 0.05) is 6.20 Å². The van der Waals surface area contributed by atoms with Gasteiger partial charge in [-0.1, -0.05) is 30.3 Å². The Morgan fingerprint density at radius 3 is 2.69 bits per heavy atom. The predicted octanol–water partition coefficient (Wildman–Crippen LogP) is 0.270. The van der Waals surface area contributed by atoms with E-state index in [2.05, 4.69) is 10.6 Å². The first-order chi connectivity index (χ1) is 7.81. The number of guanidine groups is 1. The zero-order valence-electron chi connectivity index (χ0n) is 8.54. The first-order valence-corrected chi connectivity index (χ1v) is 4.82. The second-order valence-electron chi connectivity index (χ2n) is 3.31. The highest BCUT2D eigenvalue weighted by atomic mass is 16.5. The van der Waals surface area contributed by atoms with Crippen molar-refractivity contribution in [1.82, 2.24) is 16.0 Å². The minimum absolute atomic E-state index is 0.0906. The van der Waals surface area contributed by atoms with Crippen molar-refractivity contribution in [2.75, 3.05) is 0 Å². The quantitative estimate of drug-likeness (QED) is 0.333. The molecule has 0 fully saturated rings. The molecule has 5 N–H and O–H groups in total. The highest BCUT2D eigenvalue weighted by Gasteiger charge is 2.21. The zero-order chi connectivity index (χ0) is 11.4. The van der Waals surface area contributed by atoms with Gasteiger partial charge in [0.2, 0.25) is 5.96 Å². The Balaban J connectivity index is 1.98. The number of hydrogen-bond acceptors (Lipinski definition) is 4. The fourth-order valence-electron chi connectivity index (χ4n) is 1.41. The van der Waals surface area contributed by atoms with Gasteiger partial charge in [0.25, 0.3) is 0 Å². The Labute approximate surface area is 93.0 Å². The number of hydrazone groups is 1. The molecule has 0 saturated heterocycles. The molecule has 0 amide bonds. The lowest BCUT2D eigenvalue weighted by Gasteiger charge is -2.34. The van der Waals surface area contributed by atoms with E-state index in [1.807, 2.05) is 42.6 Å². The van der Waals surface area contributed by atoms with E-state index in [0.29, 0.717) is 0 Å². The average Bonchev–Trinajstić information content (AvgIpc) is 2.29. The number of rotatable bonds is 3. The smallest absolute Gasteiger partial charge is 0.236 e. The largest absolute Gasteiger partial charge is 0.367 e. The molecule has 1 aromatic rings. The minimum atomic E-state index is -0.0906. The Kier molecular flexibility index (Phi) is 2.93. The number of hydrogen-bond donors (Lipinski definition) is 4. The van der Waals surface area contributed by atoms with Gasteiger partial charge in [0.1, 0.15) is 0 Å². The molecule has 1 atom stereocenters. The Bertz CT molecular complexity index is 403. The van der Waals surface area contributed by atoms with Crippen molar-refractivity contribution in [2.45, 2.75) is 6.04 Å². The number of hydroxylamine groups is 1. The standard InChI is InChI=1S/C10H13N5O/c11-10(13-16)12-14-15-7-6-9(15)8-4-2-1-3-5-8/h1-7,9,14,16H,(H3,11,12,13). The van der Waals surface area contributed by atoms with E-state index >= 15 is 0 Å². The summed E-state index contributed by atoms with van der Waals surface area (Å²) < 4.78 is 0. The first kappa shape index (κ1) is 10.3. The van der Waals surface area contributed by atoms with E-state index in [0.717, 1.165) is 5.56 Å². The second-order valence-corrected chi connectivity index (χ2v) is 3.31. The van der Waals surface area contributed by atoms with Crippen LogP contribution in [0.25, 0.3) is 0 Å². The lowest BCUT2D eigenvalue weighted by molar-refractivity contribution is 0.190. The number of nitrogens with two attached hydrogens (primary N) is 1. The average molecular weight is 219 g/mol. The third kappa shape index (κ3) is 2.06. The topological polar surface area (TPSA) is 85.9 Å². The summed E-state index contributed by atoms with van der Waals surface area (Å²) in [6.07, 6.45) is 3.87. The first-order valence-electron chi connectivity index (χ1n) is 4.82. The van der Waals surface area contributed by atoms with Crippen molar-refractivity contribution in [1.29, 1.82) is 0 Å². The summed E-state index contributed by atoms with van der Waals surface area (Å²) >= 11 is 0. The van der Waals surface area contributed by atoms with Crippen molar-refractivity contribution in [3.05, 3.63) is 48.2 Å². The monoisotopic (exact) mass is 219 g/mol. The summed E-state index contributed by atoms with van der Waals surface area (Å²) in [4.78, 5) is 0. The number of nitrogens with zero attached hydrogens (tertiary/aromatic N) is 2. The highest BCUT2D eigenvalue weighted by molar-refractivity contribution is 5.76. The molecule has 6 nitrogen and oxygen atoms in total. The molecule has 1 heterocycles. The van der Waals surface area contributed by atoms with Gasteiger partial charge in [-0.2, -0.15) is 0 Å². The second kappa shape index (κ2) is 4.54. The lowest BCUT2D eigenvalue weighted by Crippen LogP contribution is -2.41. The molecule has 2 rings (SSSR count). The van der Waals surface area contributed by atoms with Crippen LogP contribution in [0, 0.1) is 0 Å². The molecule has 1 aromatic carbocycles. The van der Waals surface area contributed by atoms with E-state index in [4.69, 9.17) is 10.9 Å². The molecule has 1 unspecified atom stereocenters. The van der Waals surface area contributed by atoms with Crippen molar-refractivity contribution in [3.63, 3.8) is 0 Å². The Morgan fingerprint density at radius 2 is 2.12 bits per heavy atom. The van der Waals surface area contributed by atoms with Gasteiger partial charge in [-0.15, -0.1) is 5.10 Å². The third-order valence-corrected chi connectivity index (χ3v) is 2.27. The van der Waals surface area contributed by atoms with E-state index in [-0.39, 0.29) is 12.0 Å². The van der Waals surface area contributed by atoms with Crippen LogP contribution in [0.3, 0.4) is 0 Å². The summed E-state index contributed by atoms with van der Waals surface area (Å²) in [5.74, 6) is -0.0906. The molecule has 16 heavy (non-hydrogen) atoms. The van der Waals surface area contributed by atoms with Crippen LogP contribution in [-0.4, -0.2) is 16.2 Å². The van der Waals surface area contributed by atoms with Crippen LogP contribution in [-0.2, 0) is 0 Å². The molecule has 0 radical (unpaired) electrons. The number of nitrogens with one attached hydrogen (secondary N) is 2. The molecule has 1 aliphatic rings. The number of benzene rings is 1. The molecule has 0 aliphatic carbocycles. The van der Waals surface area contributed by atoms with Crippen LogP contribution in [0.1, 0.15) is 11.6 Å². The predicted molar refractivity (Wildman–Crippen MR) is 59.8 cm³/mol. The third-order valence-electron chi connectivity index (χ3n) is 2.27. The van der Waals surface area contributed by atoms with E-state index in [9.17, 15) is 0 Å². The van der Waals surface area contributed by atoms with E-state index in [1.165, 1.54) is 0 Å². The van der Waals surface area contributed by atoms with Crippen molar-refractivity contribution < 1.29 is 5.21 Å². The van der Waals surface area contributed by atoms with Crippen molar-refractivity contribution >= 4 is 5.96 Å². The minimum Gasteiger partial charge on any atom is -0.367 e. The van der Waals surface area contributed by atoms with E-state index < -0.39 is 0 Å². The van der Waals surface area contributed by atoms with Crippen LogP contribution in [0.5, 0.6) is 0 Å². The molecule has 84 valence electrons. The van der Waals surface area contributed by atoms with Gasteiger partial charge >= 0.3 is 0 Å². The fraction of sp³-hybridized carbons (Fsp3) is 0.100. The lowest BCUT2D eigenvalue weighted by atomic mass is 10.0. The normalized spacial score (nSPS) is 19.2. The van der Waals surface area contributed by atoms with Gasteiger partial charge in [-0.25, -0.2) is 11.0 Å².